The first-order valence-electron chi connectivity index (χ1n) is 8.83. The minimum Gasteiger partial charge on any atom is -0.367 e. The fraction of sp³-hybridized carbons (Fsp3) is 0.556. The number of rotatable bonds is 6. The number of thiophene rings is 1. The van der Waals surface area contributed by atoms with Crippen LogP contribution >= 0.6 is 11.3 Å². The monoisotopic (exact) mass is 343 g/mol. The molecule has 2 N–H and O–H groups in total. The van der Waals surface area contributed by atoms with Crippen LogP contribution in [0.1, 0.15) is 43.5 Å². The van der Waals surface area contributed by atoms with Crippen LogP contribution in [0.3, 0.4) is 0 Å². The van der Waals surface area contributed by atoms with E-state index in [0.717, 1.165) is 37.8 Å². The lowest BCUT2D eigenvalue weighted by molar-refractivity contribution is 0.244. The van der Waals surface area contributed by atoms with Crippen LogP contribution in [0, 0.1) is 0 Å². The lowest BCUT2D eigenvalue weighted by Crippen LogP contribution is -2.32. The fourth-order valence-corrected chi connectivity index (χ4v) is 3.77. The highest BCUT2D eigenvalue weighted by Gasteiger charge is 2.27. The van der Waals surface area contributed by atoms with Crippen LogP contribution in [0.4, 0.5) is 11.8 Å². The molecule has 0 aromatic carbocycles. The third kappa shape index (κ3) is 3.70. The van der Waals surface area contributed by atoms with Crippen LogP contribution in [0.25, 0.3) is 0 Å². The van der Waals surface area contributed by atoms with Crippen molar-refractivity contribution in [2.45, 2.75) is 58.3 Å². The number of fused-ring (bicyclic) bond motifs is 1. The van der Waals surface area contributed by atoms with Crippen LogP contribution in [-0.4, -0.2) is 33.5 Å². The Hall–Kier alpha value is -1.66. The molecule has 1 aliphatic carbocycles. The Bertz CT molecular complexity index is 694. The molecule has 5 nitrogen and oxygen atoms in total. The normalized spacial score (nSPS) is 17.8. The summed E-state index contributed by atoms with van der Waals surface area (Å²) in [6, 6.07) is 3.16. The van der Waals surface area contributed by atoms with E-state index in [1.54, 1.807) is 11.3 Å². The largest absolute Gasteiger partial charge is 0.367 e. The highest BCUT2D eigenvalue weighted by atomic mass is 32.1. The predicted molar refractivity (Wildman–Crippen MR) is 99.6 cm³/mol. The smallest absolute Gasteiger partial charge is 0.225 e. The molecule has 0 atom stereocenters. The molecule has 1 fully saturated rings. The highest BCUT2D eigenvalue weighted by Crippen LogP contribution is 2.31. The van der Waals surface area contributed by atoms with Crippen LogP contribution in [0.5, 0.6) is 0 Å². The van der Waals surface area contributed by atoms with E-state index in [1.807, 2.05) is 0 Å². The van der Waals surface area contributed by atoms with Gasteiger partial charge in [-0.25, -0.2) is 4.98 Å². The molecule has 6 heteroatoms. The van der Waals surface area contributed by atoms with Crippen molar-refractivity contribution < 1.29 is 0 Å². The molecule has 4 rings (SSSR count). The standard InChI is InChI=1S/C18H25N5S/c1-12(2)19-18-21-16-5-7-23(9-13-6-8-24-11-13)10-15(16)17(22-18)20-14-3-4-14/h6,8,11-12,14H,3-5,7,9-10H2,1-2H3,(H2,19,20,21,22). The Balaban J connectivity index is 1.57. The van der Waals surface area contributed by atoms with E-state index in [4.69, 9.17) is 9.97 Å². The molecule has 0 saturated heterocycles. The Labute approximate surface area is 147 Å². The van der Waals surface area contributed by atoms with E-state index in [9.17, 15) is 0 Å². The fourth-order valence-electron chi connectivity index (χ4n) is 3.11. The third-order valence-electron chi connectivity index (χ3n) is 4.46. The molecule has 2 aliphatic rings. The predicted octanol–water partition coefficient (Wildman–Crippen LogP) is 3.49. The van der Waals surface area contributed by atoms with Crippen molar-refractivity contribution in [3.63, 3.8) is 0 Å². The molecule has 0 bridgehead atoms. The topological polar surface area (TPSA) is 53.1 Å². The summed E-state index contributed by atoms with van der Waals surface area (Å²) in [5, 5.41) is 11.4. The summed E-state index contributed by atoms with van der Waals surface area (Å²) in [7, 11) is 0. The van der Waals surface area contributed by atoms with E-state index in [-0.39, 0.29) is 0 Å². The molecule has 1 aliphatic heterocycles. The van der Waals surface area contributed by atoms with Crippen molar-refractivity contribution in [1.82, 2.24) is 14.9 Å². The van der Waals surface area contributed by atoms with Gasteiger partial charge in [-0.1, -0.05) is 0 Å². The number of nitrogens with one attached hydrogen (secondary N) is 2. The van der Waals surface area contributed by atoms with Crippen molar-refractivity contribution in [3.8, 4) is 0 Å². The van der Waals surface area contributed by atoms with Gasteiger partial charge in [-0.05, 0) is 49.1 Å². The van der Waals surface area contributed by atoms with E-state index in [2.05, 4.69) is 46.2 Å². The maximum atomic E-state index is 4.79. The van der Waals surface area contributed by atoms with E-state index in [0.29, 0.717) is 12.1 Å². The number of hydrogen-bond donors (Lipinski definition) is 2. The zero-order valence-electron chi connectivity index (χ0n) is 14.4. The van der Waals surface area contributed by atoms with Crippen molar-refractivity contribution in [2.24, 2.45) is 0 Å². The summed E-state index contributed by atoms with van der Waals surface area (Å²) in [4.78, 5) is 12.1. The zero-order valence-corrected chi connectivity index (χ0v) is 15.2. The lowest BCUT2D eigenvalue weighted by atomic mass is 10.1. The SMILES string of the molecule is CC(C)Nc1nc2c(c(NC3CC3)n1)CN(Cc1ccsc1)CC2. The van der Waals surface area contributed by atoms with Crippen molar-refractivity contribution >= 4 is 23.1 Å². The molecule has 0 spiro atoms. The summed E-state index contributed by atoms with van der Waals surface area (Å²) in [5.74, 6) is 1.80. The van der Waals surface area contributed by atoms with Crippen molar-refractivity contribution in [3.05, 3.63) is 33.6 Å². The van der Waals surface area contributed by atoms with Crippen LogP contribution < -0.4 is 10.6 Å². The number of anilines is 2. The van der Waals surface area contributed by atoms with Gasteiger partial charge in [0.2, 0.25) is 5.95 Å². The molecule has 0 unspecified atom stereocenters. The molecular formula is C18H25N5S. The molecule has 128 valence electrons. The number of aromatic nitrogens is 2. The second-order valence-corrected chi connectivity index (χ2v) is 7.91. The van der Waals surface area contributed by atoms with Crippen molar-refractivity contribution in [1.29, 1.82) is 0 Å². The first kappa shape index (κ1) is 15.8. The van der Waals surface area contributed by atoms with Gasteiger partial charge < -0.3 is 10.6 Å². The first-order valence-corrected chi connectivity index (χ1v) is 9.78. The zero-order chi connectivity index (χ0) is 16.5. The van der Waals surface area contributed by atoms with Gasteiger partial charge in [0, 0.05) is 43.7 Å². The molecular weight excluding hydrogens is 318 g/mol. The Morgan fingerprint density at radius 2 is 2.21 bits per heavy atom. The molecule has 2 aromatic rings. The molecule has 2 aromatic heterocycles. The Morgan fingerprint density at radius 1 is 1.33 bits per heavy atom. The Morgan fingerprint density at radius 3 is 2.92 bits per heavy atom. The summed E-state index contributed by atoms with van der Waals surface area (Å²) in [6.07, 6.45) is 3.50. The van der Waals surface area contributed by atoms with E-state index in [1.165, 1.54) is 29.7 Å². The quantitative estimate of drug-likeness (QED) is 0.841. The maximum absolute atomic E-state index is 4.79. The van der Waals surface area contributed by atoms with Gasteiger partial charge in [-0.3, -0.25) is 4.90 Å². The Kier molecular flexibility index (Phi) is 4.41. The van der Waals surface area contributed by atoms with Gasteiger partial charge in [-0.15, -0.1) is 0 Å². The third-order valence-corrected chi connectivity index (χ3v) is 5.19. The molecule has 0 radical (unpaired) electrons. The molecule has 3 heterocycles. The summed E-state index contributed by atoms with van der Waals surface area (Å²) < 4.78 is 0. The minimum absolute atomic E-state index is 0.343. The summed E-state index contributed by atoms with van der Waals surface area (Å²) in [5.41, 5.74) is 3.90. The van der Waals surface area contributed by atoms with Gasteiger partial charge in [0.05, 0.1) is 5.69 Å². The second kappa shape index (κ2) is 6.69. The lowest BCUT2D eigenvalue weighted by Gasteiger charge is -2.29. The number of nitrogens with zero attached hydrogens (tertiary/aromatic N) is 3. The van der Waals surface area contributed by atoms with E-state index < -0.39 is 0 Å². The van der Waals surface area contributed by atoms with Gasteiger partial charge >= 0.3 is 0 Å². The van der Waals surface area contributed by atoms with E-state index >= 15 is 0 Å². The molecule has 0 amide bonds. The van der Waals surface area contributed by atoms with Crippen LogP contribution in [0.2, 0.25) is 0 Å². The average molecular weight is 344 g/mol. The van der Waals surface area contributed by atoms with Gasteiger partial charge in [0.15, 0.2) is 0 Å². The van der Waals surface area contributed by atoms with Crippen LogP contribution in [0.15, 0.2) is 16.8 Å². The molecule has 24 heavy (non-hydrogen) atoms. The summed E-state index contributed by atoms with van der Waals surface area (Å²) >= 11 is 1.77. The second-order valence-electron chi connectivity index (χ2n) is 7.13. The molecule has 1 saturated carbocycles. The highest BCUT2D eigenvalue weighted by molar-refractivity contribution is 7.07. The number of hydrogen-bond acceptors (Lipinski definition) is 6. The first-order chi connectivity index (χ1) is 11.7. The maximum Gasteiger partial charge on any atom is 0.225 e. The summed E-state index contributed by atoms with van der Waals surface area (Å²) in [6.45, 7) is 7.25. The van der Waals surface area contributed by atoms with Crippen LogP contribution in [-0.2, 0) is 19.5 Å². The van der Waals surface area contributed by atoms with Gasteiger partial charge in [0.1, 0.15) is 5.82 Å². The van der Waals surface area contributed by atoms with Crippen molar-refractivity contribution in [2.75, 3.05) is 17.2 Å². The minimum atomic E-state index is 0.343. The van der Waals surface area contributed by atoms with Gasteiger partial charge in [-0.2, -0.15) is 16.3 Å². The van der Waals surface area contributed by atoms with Gasteiger partial charge in [0.25, 0.3) is 0 Å². The average Bonchev–Trinajstić information content (AvgIpc) is 3.21.